The topological polar surface area (TPSA) is 20.2 Å². The third kappa shape index (κ3) is 9.35. The van der Waals surface area contributed by atoms with Crippen LogP contribution in [0, 0.1) is 0 Å². The Morgan fingerprint density at radius 3 is 1.75 bits per heavy atom. The Labute approximate surface area is 150 Å². The lowest BCUT2D eigenvalue weighted by Gasteiger charge is -2.11. The van der Waals surface area contributed by atoms with E-state index < -0.39 is 0 Å². The zero-order valence-electron chi connectivity index (χ0n) is 16.3. The molecule has 0 aliphatic carbocycles. The minimum atomic E-state index is 0.514. The zero-order chi connectivity index (χ0) is 17.5. The summed E-state index contributed by atoms with van der Waals surface area (Å²) < 4.78 is 0. The van der Waals surface area contributed by atoms with Gasteiger partial charge in [0.1, 0.15) is 5.75 Å². The Bertz CT molecular complexity index is 410. The lowest BCUT2D eigenvalue weighted by molar-refractivity contribution is 0.464. The second-order valence-electron chi connectivity index (χ2n) is 7.30. The molecule has 1 N–H and O–H groups in total. The van der Waals surface area contributed by atoms with Crippen molar-refractivity contribution in [1.29, 1.82) is 0 Å². The Balaban J connectivity index is 2.17. The largest absolute Gasteiger partial charge is 0.508 e. The summed E-state index contributed by atoms with van der Waals surface area (Å²) in [5, 5.41) is 10.2. The quantitative estimate of drug-likeness (QED) is 0.328. The maximum Gasteiger partial charge on any atom is 0.119 e. The van der Waals surface area contributed by atoms with Gasteiger partial charge < -0.3 is 5.11 Å². The number of unbranched alkanes of at least 4 members (excludes halogenated alkanes) is 11. The van der Waals surface area contributed by atoms with Gasteiger partial charge in [-0.25, -0.2) is 0 Å². The van der Waals surface area contributed by atoms with E-state index in [1.165, 1.54) is 94.6 Å². The van der Waals surface area contributed by atoms with Crippen LogP contribution in [-0.4, -0.2) is 5.11 Å². The molecule has 0 aliphatic heterocycles. The Hall–Kier alpha value is -0.980. The van der Waals surface area contributed by atoms with Crippen LogP contribution in [0.25, 0.3) is 0 Å². The highest BCUT2D eigenvalue weighted by molar-refractivity contribution is 5.39. The van der Waals surface area contributed by atoms with Gasteiger partial charge in [-0.3, -0.25) is 0 Å². The van der Waals surface area contributed by atoms with E-state index in [4.69, 9.17) is 0 Å². The smallest absolute Gasteiger partial charge is 0.119 e. The number of phenolic OH excluding ortho intramolecular Hbond substituents is 1. The van der Waals surface area contributed by atoms with Gasteiger partial charge >= 0.3 is 0 Å². The molecule has 0 atom stereocenters. The molecule has 1 aromatic carbocycles. The molecule has 0 saturated carbocycles. The van der Waals surface area contributed by atoms with Crippen LogP contribution in [0.2, 0.25) is 0 Å². The van der Waals surface area contributed by atoms with Crippen LogP contribution in [0.15, 0.2) is 18.2 Å². The van der Waals surface area contributed by atoms with E-state index in [2.05, 4.69) is 19.9 Å². The van der Waals surface area contributed by atoms with Gasteiger partial charge in [-0.2, -0.15) is 0 Å². The van der Waals surface area contributed by atoms with Crippen LogP contribution in [0.1, 0.15) is 108 Å². The first-order valence-electron chi connectivity index (χ1n) is 10.6. The summed E-state index contributed by atoms with van der Waals surface area (Å²) in [6.45, 7) is 4.52. The van der Waals surface area contributed by atoms with Gasteiger partial charge in [0, 0.05) is 0 Å². The molecule has 0 radical (unpaired) electrons. The van der Waals surface area contributed by atoms with E-state index in [0.717, 1.165) is 12.8 Å². The van der Waals surface area contributed by atoms with Gasteiger partial charge in [0.05, 0.1) is 0 Å². The van der Waals surface area contributed by atoms with Crippen molar-refractivity contribution in [3.8, 4) is 5.75 Å². The second kappa shape index (κ2) is 14.4. The molecule has 1 rings (SSSR count). The molecule has 0 fully saturated rings. The molecule has 0 spiro atoms. The van der Waals surface area contributed by atoms with E-state index in [1.807, 2.05) is 12.1 Å². The summed E-state index contributed by atoms with van der Waals surface area (Å²) >= 11 is 0. The monoisotopic (exact) mass is 332 g/mol. The highest BCUT2D eigenvalue weighted by atomic mass is 16.3. The third-order valence-corrected chi connectivity index (χ3v) is 5.08. The van der Waals surface area contributed by atoms with Crippen molar-refractivity contribution < 1.29 is 5.11 Å². The van der Waals surface area contributed by atoms with Gasteiger partial charge in [-0.1, -0.05) is 96.6 Å². The summed E-state index contributed by atoms with van der Waals surface area (Å²) in [6, 6.07) is 6.06. The lowest BCUT2D eigenvalue weighted by atomic mass is 9.96. The first-order valence-corrected chi connectivity index (χ1v) is 10.6. The molecule has 0 unspecified atom stereocenters. The fourth-order valence-electron chi connectivity index (χ4n) is 3.50. The first kappa shape index (κ1) is 21.1. The molecule has 0 amide bonds. The van der Waals surface area contributed by atoms with Gasteiger partial charge in [-0.05, 0) is 42.9 Å². The predicted molar refractivity (Wildman–Crippen MR) is 107 cm³/mol. The normalized spacial score (nSPS) is 11.1. The van der Waals surface area contributed by atoms with E-state index in [-0.39, 0.29) is 0 Å². The third-order valence-electron chi connectivity index (χ3n) is 5.08. The summed E-state index contributed by atoms with van der Waals surface area (Å²) in [4.78, 5) is 0. The number of aryl methyl sites for hydroxylation is 1. The lowest BCUT2D eigenvalue weighted by Crippen LogP contribution is -1.96. The second-order valence-corrected chi connectivity index (χ2v) is 7.30. The number of phenols is 1. The van der Waals surface area contributed by atoms with Gasteiger partial charge in [0.25, 0.3) is 0 Å². The molecule has 0 aromatic heterocycles. The van der Waals surface area contributed by atoms with E-state index in [0.29, 0.717) is 5.75 Å². The number of rotatable bonds is 15. The van der Waals surface area contributed by atoms with Crippen molar-refractivity contribution in [1.82, 2.24) is 0 Å². The Morgan fingerprint density at radius 1 is 0.625 bits per heavy atom. The van der Waals surface area contributed by atoms with E-state index in [9.17, 15) is 5.11 Å². The fourth-order valence-corrected chi connectivity index (χ4v) is 3.50. The van der Waals surface area contributed by atoms with Gasteiger partial charge in [-0.15, -0.1) is 0 Å². The number of aromatic hydroxyl groups is 1. The fraction of sp³-hybridized carbons (Fsp3) is 0.739. The minimum absolute atomic E-state index is 0.514. The Morgan fingerprint density at radius 2 is 1.12 bits per heavy atom. The van der Waals surface area contributed by atoms with Crippen molar-refractivity contribution in [3.63, 3.8) is 0 Å². The van der Waals surface area contributed by atoms with E-state index in [1.54, 1.807) is 0 Å². The van der Waals surface area contributed by atoms with Crippen molar-refractivity contribution in [2.24, 2.45) is 0 Å². The Kier molecular flexibility index (Phi) is 12.6. The molecule has 138 valence electrons. The van der Waals surface area contributed by atoms with Crippen molar-refractivity contribution in [2.75, 3.05) is 0 Å². The van der Waals surface area contributed by atoms with Crippen LogP contribution < -0.4 is 0 Å². The summed E-state index contributed by atoms with van der Waals surface area (Å²) in [5.41, 5.74) is 2.59. The number of hydrogen-bond donors (Lipinski definition) is 1. The summed E-state index contributed by atoms with van der Waals surface area (Å²) in [6.07, 6.45) is 19.6. The first-order chi connectivity index (χ1) is 11.8. The van der Waals surface area contributed by atoms with Crippen molar-refractivity contribution >= 4 is 0 Å². The molecule has 24 heavy (non-hydrogen) atoms. The molecule has 1 heteroatoms. The minimum Gasteiger partial charge on any atom is -0.508 e. The molecule has 0 bridgehead atoms. The standard InChI is InChI=1S/C23H40O/c1-3-5-7-8-9-10-11-12-13-15-19-22-21(17-14-6-4-2)18-16-20-23(22)24/h16,18,20,24H,3-15,17,19H2,1-2H3. The maximum atomic E-state index is 10.2. The van der Waals surface area contributed by atoms with Crippen LogP contribution in [0.3, 0.4) is 0 Å². The van der Waals surface area contributed by atoms with Gasteiger partial charge in [0.2, 0.25) is 0 Å². The number of hydrogen-bond acceptors (Lipinski definition) is 1. The summed E-state index contributed by atoms with van der Waals surface area (Å²) in [7, 11) is 0. The van der Waals surface area contributed by atoms with E-state index >= 15 is 0 Å². The molecular weight excluding hydrogens is 292 g/mol. The van der Waals surface area contributed by atoms with Crippen LogP contribution in [0.4, 0.5) is 0 Å². The maximum absolute atomic E-state index is 10.2. The molecule has 0 heterocycles. The molecule has 0 aliphatic rings. The molecule has 1 aromatic rings. The van der Waals surface area contributed by atoms with Crippen molar-refractivity contribution in [3.05, 3.63) is 29.3 Å². The summed E-state index contributed by atoms with van der Waals surface area (Å²) in [5.74, 6) is 0.514. The average molecular weight is 333 g/mol. The highest BCUT2D eigenvalue weighted by Gasteiger charge is 2.07. The van der Waals surface area contributed by atoms with Gasteiger partial charge in [0.15, 0.2) is 0 Å². The SMILES string of the molecule is CCCCCCCCCCCCc1c(O)cccc1CCCCC. The van der Waals surface area contributed by atoms with Crippen LogP contribution in [0.5, 0.6) is 5.75 Å². The number of benzene rings is 1. The molecular formula is C23H40O. The van der Waals surface area contributed by atoms with Crippen molar-refractivity contribution in [2.45, 2.75) is 110 Å². The predicted octanol–water partition coefficient (Wildman–Crippen LogP) is 7.59. The zero-order valence-corrected chi connectivity index (χ0v) is 16.3. The molecule has 0 saturated heterocycles. The van der Waals surface area contributed by atoms with Crippen LogP contribution in [-0.2, 0) is 12.8 Å². The highest BCUT2D eigenvalue weighted by Crippen LogP contribution is 2.25. The molecule has 1 nitrogen and oxygen atoms in total. The van der Waals surface area contributed by atoms with Crippen LogP contribution >= 0.6 is 0 Å². The average Bonchev–Trinajstić information content (AvgIpc) is 2.58.